The van der Waals surface area contributed by atoms with Crippen LogP contribution in [0, 0.1) is 0 Å². The highest BCUT2D eigenvalue weighted by atomic mass is 15.1. The van der Waals surface area contributed by atoms with Gasteiger partial charge in [0.1, 0.15) is 0 Å². The van der Waals surface area contributed by atoms with Crippen LogP contribution in [0.4, 0.5) is 0 Å². The minimum atomic E-state index is 0.348. The summed E-state index contributed by atoms with van der Waals surface area (Å²) in [5.74, 6) is 0. The number of piperidine rings is 2. The standard InChI is InChI=1S/C23H24N2/c1-2-8-20-18(6-1)7-3-9-21(20)22-11-10-19(16-24-22)23-12-4-14-25(17-23)15-5-13-23/h1-3,6-11,16H,4-5,12-15,17H2. The van der Waals surface area contributed by atoms with Crippen molar-refractivity contribution in [1.82, 2.24) is 9.88 Å². The lowest BCUT2D eigenvalue weighted by Crippen LogP contribution is -2.50. The fraction of sp³-hybridized carbons (Fsp3) is 0.348. The van der Waals surface area contributed by atoms with Gasteiger partial charge in [-0.1, -0.05) is 48.5 Å². The van der Waals surface area contributed by atoms with Crippen LogP contribution in [-0.2, 0) is 5.41 Å². The summed E-state index contributed by atoms with van der Waals surface area (Å²) in [6.07, 6.45) is 7.44. The molecule has 25 heavy (non-hydrogen) atoms. The van der Waals surface area contributed by atoms with E-state index in [0.29, 0.717) is 5.41 Å². The molecule has 0 aliphatic carbocycles. The summed E-state index contributed by atoms with van der Waals surface area (Å²) in [4.78, 5) is 7.54. The monoisotopic (exact) mass is 328 g/mol. The fourth-order valence-electron chi connectivity index (χ4n) is 4.96. The minimum Gasteiger partial charge on any atom is -0.302 e. The maximum absolute atomic E-state index is 4.90. The summed E-state index contributed by atoms with van der Waals surface area (Å²) in [6, 6.07) is 19.6. The Kier molecular flexibility index (Phi) is 3.60. The van der Waals surface area contributed by atoms with Gasteiger partial charge in [0.15, 0.2) is 0 Å². The van der Waals surface area contributed by atoms with Crippen LogP contribution in [0.3, 0.4) is 0 Å². The Bertz CT molecular complexity index is 882. The zero-order valence-electron chi connectivity index (χ0n) is 14.6. The van der Waals surface area contributed by atoms with Crippen molar-refractivity contribution in [2.45, 2.75) is 31.1 Å². The van der Waals surface area contributed by atoms with Gasteiger partial charge in [0.05, 0.1) is 5.69 Å². The molecule has 0 radical (unpaired) electrons. The number of hydrogen-bond donors (Lipinski definition) is 0. The summed E-state index contributed by atoms with van der Waals surface area (Å²) in [7, 11) is 0. The van der Waals surface area contributed by atoms with Crippen molar-refractivity contribution < 1.29 is 0 Å². The average Bonchev–Trinajstić information content (AvgIpc) is 2.68. The highest BCUT2D eigenvalue weighted by molar-refractivity contribution is 5.95. The zero-order valence-corrected chi connectivity index (χ0v) is 14.6. The minimum absolute atomic E-state index is 0.348. The maximum Gasteiger partial charge on any atom is 0.0708 e. The normalized spacial score (nSPS) is 25.8. The van der Waals surface area contributed by atoms with Gasteiger partial charge >= 0.3 is 0 Å². The summed E-state index contributed by atoms with van der Waals surface area (Å²) in [5, 5.41) is 2.56. The molecular weight excluding hydrogens is 304 g/mol. The molecule has 0 atom stereocenters. The number of benzene rings is 2. The third kappa shape index (κ3) is 2.56. The molecule has 2 fully saturated rings. The first-order chi connectivity index (χ1) is 12.3. The summed E-state index contributed by atoms with van der Waals surface area (Å²) in [5.41, 5.74) is 4.11. The molecule has 0 saturated carbocycles. The van der Waals surface area contributed by atoms with E-state index in [1.54, 1.807) is 0 Å². The molecule has 2 aliphatic heterocycles. The van der Waals surface area contributed by atoms with E-state index in [9.17, 15) is 0 Å². The Labute approximate surface area is 149 Å². The first-order valence-corrected chi connectivity index (χ1v) is 9.51. The van der Waals surface area contributed by atoms with Gasteiger partial charge < -0.3 is 4.90 Å². The van der Waals surface area contributed by atoms with Gasteiger partial charge in [0.25, 0.3) is 0 Å². The highest BCUT2D eigenvalue weighted by Gasteiger charge is 2.39. The number of pyridine rings is 1. The molecule has 5 rings (SSSR count). The smallest absolute Gasteiger partial charge is 0.0708 e. The molecule has 2 bridgehead atoms. The molecule has 2 saturated heterocycles. The molecule has 126 valence electrons. The second kappa shape index (κ2) is 5.96. The lowest BCUT2D eigenvalue weighted by Gasteiger charge is -2.47. The second-order valence-corrected chi connectivity index (χ2v) is 7.72. The largest absolute Gasteiger partial charge is 0.302 e. The SMILES string of the molecule is c1ccc2c(-c3ccc(C45CCCN(CCC4)C5)cn3)cccc2c1. The molecule has 0 N–H and O–H groups in total. The number of hydrogen-bond acceptors (Lipinski definition) is 2. The molecule has 2 nitrogen and oxygen atoms in total. The first kappa shape index (κ1) is 15.1. The lowest BCUT2D eigenvalue weighted by molar-refractivity contribution is 0.0941. The number of aromatic nitrogens is 1. The van der Waals surface area contributed by atoms with Gasteiger partial charge in [0, 0.05) is 23.7 Å². The number of fused-ring (bicyclic) bond motifs is 3. The van der Waals surface area contributed by atoms with Crippen LogP contribution in [-0.4, -0.2) is 29.5 Å². The molecule has 3 heterocycles. The van der Waals surface area contributed by atoms with Gasteiger partial charge in [-0.05, 0) is 61.2 Å². The molecule has 0 unspecified atom stereocenters. The van der Waals surface area contributed by atoms with Crippen molar-refractivity contribution >= 4 is 10.8 Å². The Hall–Kier alpha value is -2.19. The molecule has 0 amide bonds. The molecule has 2 aromatic carbocycles. The Morgan fingerprint density at radius 2 is 1.64 bits per heavy atom. The van der Waals surface area contributed by atoms with Crippen molar-refractivity contribution in [3.8, 4) is 11.3 Å². The van der Waals surface area contributed by atoms with E-state index in [2.05, 4.69) is 65.7 Å². The van der Waals surface area contributed by atoms with Crippen LogP contribution in [0.1, 0.15) is 31.2 Å². The van der Waals surface area contributed by atoms with Crippen LogP contribution in [0.25, 0.3) is 22.0 Å². The summed E-state index contributed by atoms with van der Waals surface area (Å²) in [6.45, 7) is 3.79. The van der Waals surface area contributed by atoms with E-state index < -0.39 is 0 Å². The van der Waals surface area contributed by atoms with Crippen molar-refractivity contribution in [2.24, 2.45) is 0 Å². The average molecular weight is 328 g/mol. The first-order valence-electron chi connectivity index (χ1n) is 9.51. The quantitative estimate of drug-likeness (QED) is 0.656. The third-order valence-electron chi connectivity index (χ3n) is 6.23. The van der Waals surface area contributed by atoms with Crippen LogP contribution >= 0.6 is 0 Å². The molecule has 2 heteroatoms. The Balaban J connectivity index is 1.53. The van der Waals surface area contributed by atoms with E-state index in [4.69, 9.17) is 4.98 Å². The van der Waals surface area contributed by atoms with E-state index >= 15 is 0 Å². The topological polar surface area (TPSA) is 16.1 Å². The summed E-state index contributed by atoms with van der Waals surface area (Å²) >= 11 is 0. The predicted molar refractivity (Wildman–Crippen MR) is 104 cm³/mol. The Morgan fingerprint density at radius 3 is 2.44 bits per heavy atom. The number of nitrogens with zero attached hydrogens (tertiary/aromatic N) is 2. The maximum atomic E-state index is 4.90. The lowest BCUT2D eigenvalue weighted by atomic mass is 9.69. The van der Waals surface area contributed by atoms with Crippen LogP contribution in [0.15, 0.2) is 60.8 Å². The van der Waals surface area contributed by atoms with Gasteiger partial charge in [-0.15, -0.1) is 0 Å². The van der Waals surface area contributed by atoms with Crippen LogP contribution in [0.5, 0.6) is 0 Å². The van der Waals surface area contributed by atoms with E-state index in [1.165, 1.54) is 67.2 Å². The molecule has 3 aromatic rings. The molecule has 2 aliphatic rings. The van der Waals surface area contributed by atoms with Crippen molar-refractivity contribution in [3.63, 3.8) is 0 Å². The Morgan fingerprint density at radius 1 is 0.840 bits per heavy atom. The van der Waals surface area contributed by atoms with Crippen LogP contribution < -0.4 is 0 Å². The van der Waals surface area contributed by atoms with E-state index in [-0.39, 0.29) is 0 Å². The second-order valence-electron chi connectivity index (χ2n) is 7.72. The van der Waals surface area contributed by atoms with Gasteiger partial charge in [-0.25, -0.2) is 0 Å². The summed E-state index contributed by atoms with van der Waals surface area (Å²) < 4.78 is 0. The molecular formula is C23H24N2. The van der Waals surface area contributed by atoms with Gasteiger partial charge in [0.2, 0.25) is 0 Å². The van der Waals surface area contributed by atoms with E-state index in [1.807, 2.05) is 0 Å². The number of rotatable bonds is 2. The van der Waals surface area contributed by atoms with Gasteiger partial charge in [-0.2, -0.15) is 0 Å². The highest BCUT2D eigenvalue weighted by Crippen LogP contribution is 2.41. The predicted octanol–water partition coefficient (Wildman–Crippen LogP) is 5.03. The zero-order chi connectivity index (χ0) is 16.7. The third-order valence-corrected chi connectivity index (χ3v) is 6.23. The van der Waals surface area contributed by atoms with Crippen molar-refractivity contribution in [2.75, 3.05) is 19.6 Å². The fourth-order valence-corrected chi connectivity index (χ4v) is 4.96. The van der Waals surface area contributed by atoms with Crippen molar-refractivity contribution in [1.29, 1.82) is 0 Å². The molecule has 0 spiro atoms. The van der Waals surface area contributed by atoms with Crippen molar-refractivity contribution in [3.05, 3.63) is 66.4 Å². The van der Waals surface area contributed by atoms with Gasteiger partial charge in [-0.3, -0.25) is 4.98 Å². The van der Waals surface area contributed by atoms with E-state index in [0.717, 1.165) is 5.69 Å². The molecule has 1 aromatic heterocycles. The van der Waals surface area contributed by atoms with Crippen LogP contribution in [0.2, 0.25) is 0 Å².